The van der Waals surface area contributed by atoms with Crippen LogP contribution >= 0.6 is 0 Å². The number of carboxylic acids is 1. The van der Waals surface area contributed by atoms with Crippen LogP contribution in [-0.2, 0) is 11.3 Å². The van der Waals surface area contributed by atoms with Crippen LogP contribution in [0.2, 0.25) is 0 Å². The molecule has 1 saturated carbocycles. The minimum Gasteiger partial charge on any atom is -0.493 e. The van der Waals surface area contributed by atoms with Crippen LogP contribution in [0.1, 0.15) is 43.0 Å². The molecule has 1 aliphatic rings. The Morgan fingerprint density at radius 2 is 1.88 bits per heavy atom. The van der Waals surface area contributed by atoms with Gasteiger partial charge < -0.3 is 19.2 Å². The average Bonchev–Trinajstić information content (AvgIpc) is 3.35. The van der Waals surface area contributed by atoms with Crippen molar-refractivity contribution >= 4 is 11.9 Å². The lowest BCUT2D eigenvalue weighted by molar-refractivity contribution is -0.136. The molecule has 1 aliphatic carbocycles. The van der Waals surface area contributed by atoms with E-state index >= 15 is 0 Å². The Labute approximate surface area is 194 Å². The van der Waals surface area contributed by atoms with Crippen molar-refractivity contribution in [3.63, 3.8) is 0 Å². The fourth-order valence-electron chi connectivity index (χ4n) is 3.51. The van der Waals surface area contributed by atoms with Crippen LogP contribution in [-0.4, -0.2) is 34.5 Å². The maximum absolute atomic E-state index is 13.4. The van der Waals surface area contributed by atoms with Crippen LogP contribution in [0.3, 0.4) is 0 Å². The Kier molecular flexibility index (Phi) is 6.82. The summed E-state index contributed by atoms with van der Waals surface area (Å²) < 4.78 is 20.0. The number of furan rings is 1. The predicted octanol–water partition coefficient (Wildman–Crippen LogP) is 5.55. The van der Waals surface area contributed by atoms with Crippen molar-refractivity contribution < 1.29 is 25.2 Å². The molecule has 0 atom stereocenters. The smallest absolute Gasteiger partial charge is 0.307 e. The average molecular weight is 447 g/mol. The van der Waals surface area contributed by atoms with Gasteiger partial charge in [0.1, 0.15) is 11.5 Å². The number of rotatable bonds is 11. The predicted molar refractivity (Wildman–Crippen MR) is 125 cm³/mol. The van der Waals surface area contributed by atoms with Crippen LogP contribution in [0.4, 0.5) is 0 Å². The van der Waals surface area contributed by atoms with Crippen LogP contribution in [0.25, 0.3) is 11.3 Å². The lowest BCUT2D eigenvalue weighted by Crippen LogP contribution is -2.32. The Hall–Kier alpha value is -3.80. The normalized spacial score (nSPS) is 14.6. The maximum Gasteiger partial charge on any atom is 0.307 e. The van der Waals surface area contributed by atoms with Gasteiger partial charge in [-0.15, -0.1) is 0 Å². The molecule has 4 rings (SSSR count). The van der Waals surface area contributed by atoms with E-state index in [1.807, 2.05) is 48.5 Å². The van der Waals surface area contributed by atoms with Gasteiger partial charge in [0.05, 0.1) is 20.7 Å². The number of carboxylic acid groups (broad SMARTS) is 1. The molecule has 0 unspecified atom stereocenters. The highest BCUT2D eigenvalue weighted by atomic mass is 16.5. The van der Waals surface area contributed by atoms with E-state index in [-0.39, 0.29) is 18.9 Å². The van der Waals surface area contributed by atoms with Crippen LogP contribution in [0.5, 0.6) is 5.75 Å². The summed E-state index contributed by atoms with van der Waals surface area (Å²) in [7, 11) is 0. The van der Waals surface area contributed by atoms with E-state index in [0.717, 1.165) is 16.9 Å². The minimum atomic E-state index is -0.913. The molecule has 1 fully saturated rings. The second-order valence-electron chi connectivity index (χ2n) is 7.83. The Morgan fingerprint density at radius 1 is 1.09 bits per heavy atom. The number of benzene rings is 2. The van der Waals surface area contributed by atoms with Crippen molar-refractivity contribution in [3.8, 4) is 17.1 Å². The third-order valence-corrected chi connectivity index (χ3v) is 5.34. The summed E-state index contributed by atoms with van der Waals surface area (Å²) in [6, 6.07) is 17.5. The lowest BCUT2D eigenvalue weighted by Gasteiger charge is -2.24. The van der Waals surface area contributed by atoms with E-state index in [4.69, 9.17) is 15.6 Å². The molecule has 1 amide bonds. The van der Waals surface area contributed by atoms with Gasteiger partial charge in [0.2, 0.25) is 0 Å². The first-order valence-electron chi connectivity index (χ1n) is 11.5. The third-order valence-electron chi connectivity index (χ3n) is 5.34. The first-order valence-corrected chi connectivity index (χ1v) is 11.0. The fraction of sp³-hybridized carbons (Fsp3) is 0.259. The molecule has 1 N–H and O–H groups in total. The summed E-state index contributed by atoms with van der Waals surface area (Å²) >= 11 is 0. The molecule has 0 bridgehead atoms. The number of aliphatic carboxylic acids is 1. The third kappa shape index (κ3) is 6.13. The SMILES string of the molecule is [2H]C1(N(Cc2ccccc2OCC/C=C/CC(=O)O)C(=O)c2ccc(-c3ccco3)cc2)CC1. The van der Waals surface area contributed by atoms with Crippen LogP contribution in [0.15, 0.2) is 83.5 Å². The molecule has 0 radical (unpaired) electrons. The number of carbonyl (C=O) groups is 2. The molecule has 6 nitrogen and oxygen atoms in total. The number of ether oxygens (including phenoxy) is 1. The summed E-state index contributed by atoms with van der Waals surface area (Å²) in [6.45, 7) is 0.661. The fourth-order valence-corrected chi connectivity index (χ4v) is 3.51. The Bertz CT molecular complexity index is 1150. The number of para-hydroxylation sites is 1. The zero-order chi connectivity index (χ0) is 24.0. The summed E-state index contributed by atoms with van der Waals surface area (Å²) in [6.07, 6.45) is 6.84. The van der Waals surface area contributed by atoms with Gasteiger partial charge in [-0.3, -0.25) is 9.59 Å². The van der Waals surface area contributed by atoms with Gasteiger partial charge in [-0.05, 0) is 49.6 Å². The number of amides is 1. The molecule has 0 saturated heterocycles. The van der Waals surface area contributed by atoms with E-state index in [9.17, 15) is 9.59 Å². The standard InChI is InChI=1S/C27H27NO5/c29-26(30)10-2-1-5-17-32-25-8-4-3-7-22(25)19-28(23-15-16-23)27(31)21-13-11-20(12-14-21)24-9-6-18-33-24/h1-4,6-9,11-14,18,23H,5,10,15-17,19H2,(H,29,30)/b2-1+/i23D. The number of carbonyl (C=O) groups excluding carboxylic acids is 1. The van der Waals surface area contributed by atoms with Crippen molar-refractivity contribution in [3.05, 3.63) is 90.2 Å². The van der Waals surface area contributed by atoms with Gasteiger partial charge in [0.25, 0.3) is 5.91 Å². The highest BCUT2D eigenvalue weighted by Crippen LogP contribution is 2.32. The van der Waals surface area contributed by atoms with E-state index in [1.54, 1.807) is 35.4 Å². The van der Waals surface area contributed by atoms with E-state index in [0.29, 0.717) is 37.2 Å². The first kappa shape index (κ1) is 21.1. The highest BCUT2D eigenvalue weighted by molar-refractivity contribution is 5.95. The Morgan fingerprint density at radius 3 is 2.58 bits per heavy atom. The van der Waals surface area contributed by atoms with Gasteiger partial charge >= 0.3 is 5.97 Å². The van der Waals surface area contributed by atoms with Crippen molar-refractivity contribution in [1.29, 1.82) is 0 Å². The van der Waals surface area contributed by atoms with Gasteiger partial charge in [0.15, 0.2) is 0 Å². The van der Waals surface area contributed by atoms with Crippen molar-refractivity contribution in [1.82, 2.24) is 4.90 Å². The molecule has 2 aromatic carbocycles. The summed E-state index contributed by atoms with van der Waals surface area (Å²) in [5, 5.41) is 8.69. The lowest BCUT2D eigenvalue weighted by atomic mass is 10.1. The van der Waals surface area contributed by atoms with Crippen molar-refractivity contribution in [2.75, 3.05) is 6.61 Å². The second kappa shape index (κ2) is 10.7. The molecule has 1 heterocycles. The zero-order valence-corrected chi connectivity index (χ0v) is 18.3. The van der Waals surface area contributed by atoms with Crippen LogP contribution < -0.4 is 4.74 Å². The summed E-state index contributed by atoms with van der Waals surface area (Å²) in [5.74, 6) is 0.334. The monoisotopic (exact) mass is 446 g/mol. The topological polar surface area (TPSA) is 80.0 Å². The molecule has 3 aromatic rings. The second-order valence-corrected chi connectivity index (χ2v) is 7.83. The summed E-state index contributed by atoms with van der Waals surface area (Å²) in [4.78, 5) is 25.6. The number of hydrogen-bond donors (Lipinski definition) is 1. The van der Waals surface area contributed by atoms with E-state index in [1.165, 1.54) is 0 Å². The van der Waals surface area contributed by atoms with Crippen molar-refractivity contribution in [2.24, 2.45) is 0 Å². The zero-order valence-electron chi connectivity index (χ0n) is 19.3. The largest absolute Gasteiger partial charge is 0.493 e. The summed E-state index contributed by atoms with van der Waals surface area (Å²) in [5.41, 5.74) is 2.24. The molecule has 33 heavy (non-hydrogen) atoms. The van der Waals surface area contributed by atoms with Gasteiger partial charge in [-0.1, -0.05) is 42.5 Å². The molecule has 0 aliphatic heterocycles. The molecular formula is C27H27NO5. The molecule has 1 aromatic heterocycles. The van der Waals surface area contributed by atoms with Gasteiger partial charge in [-0.25, -0.2) is 0 Å². The minimum absolute atomic E-state index is 0.0122. The van der Waals surface area contributed by atoms with Gasteiger partial charge in [-0.2, -0.15) is 0 Å². The van der Waals surface area contributed by atoms with Crippen molar-refractivity contribution in [2.45, 2.75) is 38.2 Å². The number of hydrogen-bond acceptors (Lipinski definition) is 4. The molecular weight excluding hydrogens is 418 g/mol. The van der Waals surface area contributed by atoms with E-state index < -0.39 is 12.0 Å². The van der Waals surface area contributed by atoms with Crippen LogP contribution in [0, 0.1) is 0 Å². The quantitative estimate of drug-likeness (QED) is 0.308. The Balaban J connectivity index is 1.46. The first-order chi connectivity index (χ1) is 16.5. The molecule has 6 heteroatoms. The maximum atomic E-state index is 13.4. The van der Waals surface area contributed by atoms with Gasteiger partial charge in [0, 0.05) is 29.3 Å². The molecule has 0 spiro atoms. The molecule has 170 valence electrons. The van der Waals surface area contributed by atoms with E-state index in [2.05, 4.69) is 0 Å². The number of nitrogens with zero attached hydrogens (tertiary/aromatic N) is 1. The highest BCUT2D eigenvalue weighted by Gasteiger charge is 2.33.